The molecule has 11 nitrogen and oxygen atoms in total. The highest BCUT2D eigenvalue weighted by Gasteiger charge is 2.63. The topological polar surface area (TPSA) is 134 Å². The number of esters is 1. The van der Waals surface area contributed by atoms with Crippen molar-refractivity contribution in [2.24, 2.45) is 5.92 Å². The zero-order valence-electron chi connectivity index (χ0n) is 26.5. The third-order valence-corrected chi connectivity index (χ3v) is 7.67. The molecule has 16 heteroatoms. The highest BCUT2D eigenvalue weighted by atomic mass is 19.4. The molecule has 0 spiro atoms. The largest absolute Gasteiger partial charge is 0.461 e. The van der Waals surface area contributed by atoms with E-state index in [4.69, 9.17) is 4.74 Å². The van der Waals surface area contributed by atoms with Crippen LogP contribution >= 0.6 is 0 Å². The van der Waals surface area contributed by atoms with E-state index in [1.165, 1.54) is 38.1 Å². The Balaban J connectivity index is 1.78. The molecule has 2 atom stereocenters. The average Bonchev–Trinajstić information content (AvgIpc) is 3.49. The third kappa shape index (κ3) is 9.05. The first-order valence-electron chi connectivity index (χ1n) is 15.3. The van der Waals surface area contributed by atoms with Gasteiger partial charge in [0.05, 0.1) is 18.9 Å². The lowest BCUT2D eigenvalue weighted by Crippen LogP contribution is -2.53. The van der Waals surface area contributed by atoms with Gasteiger partial charge in [-0.1, -0.05) is 27.2 Å². The number of ether oxygens (including phenoxy) is 2. The van der Waals surface area contributed by atoms with E-state index in [1.807, 2.05) is 0 Å². The maximum absolute atomic E-state index is 14.7. The summed E-state index contributed by atoms with van der Waals surface area (Å²) in [6.07, 6.45) is -5.38. The number of benzene rings is 1. The Morgan fingerprint density at radius 1 is 0.979 bits per heavy atom. The number of hydrogen-bond donors (Lipinski definition) is 2. The molecule has 0 aromatic heterocycles. The molecule has 3 rings (SSSR count). The van der Waals surface area contributed by atoms with Crippen molar-refractivity contribution in [2.75, 3.05) is 32.8 Å². The van der Waals surface area contributed by atoms with Crippen molar-refractivity contribution in [1.29, 1.82) is 0 Å². The predicted octanol–water partition coefficient (Wildman–Crippen LogP) is 3.79. The van der Waals surface area contributed by atoms with Gasteiger partial charge in [0.25, 0.3) is 11.8 Å². The van der Waals surface area contributed by atoms with E-state index in [0.717, 1.165) is 4.90 Å². The second kappa shape index (κ2) is 15.7. The number of imide groups is 1. The number of nitrogens with one attached hydrogen (secondary N) is 2. The maximum atomic E-state index is 14.7. The average molecular weight is 675 g/mol. The van der Waals surface area contributed by atoms with Gasteiger partial charge < -0.3 is 24.6 Å². The van der Waals surface area contributed by atoms with Crippen molar-refractivity contribution in [3.05, 3.63) is 46.8 Å². The van der Waals surface area contributed by atoms with Crippen LogP contribution in [0.15, 0.2) is 35.7 Å². The zero-order chi connectivity index (χ0) is 35.1. The van der Waals surface area contributed by atoms with Crippen molar-refractivity contribution < 1.29 is 55.4 Å². The Labute approximate surface area is 268 Å². The number of allylic oxidation sites excluding steroid dienone is 2. The number of halogens is 5. The highest BCUT2D eigenvalue weighted by Crippen LogP contribution is 2.45. The number of alkyl halides is 5. The normalized spacial score (nSPS) is 18.4. The van der Waals surface area contributed by atoms with E-state index in [0.29, 0.717) is 45.2 Å². The van der Waals surface area contributed by atoms with Gasteiger partial charge in [0.2, 0.25) is 17.6 Å². The van der Waals surface area contributed by atoms with Crippen molar-refractivity contribution in [2.45, 2.75) is 77.6 Å². The minimum Gasteiger partial charge on any atom is -0.422 e. The first kappa shape index (κ1) is 37.4. The van der Waals surface area contributed by atoms with Crippen LogP contribution in [0.4, 0.5) is 22.0 Å². The van der Waals surface area contributed by atoms with Gasteiger partial charge in [-0.2, -0.15) is 22.0 Å². The molecular formula is C31H39F5N4O7. The zero-order valence-corrected chi connectivity index (χ0v) is 26.5. The molecule has 2 aliphatic heterocycles. The number of morpholine rings is 1. The summed E-state index contributed by atoms with van der Waals surface area (Å²) in [5.74, 6) is -12.7. The van der Waals surface area contributed by atoms with Gasteiger partial charge in [-0.05, 0) is 49.4 Å². The lowest BCUT2D eigenvalue weighted by atomic mass is 10.0. The minimum atomic E-state index is -6.10. The van der Waals surface area contributed by atoms with Gasteiger partial charge in [0.15, 0.2) is 0 Å². The van der Waals surface area contributed by atoms with E-state index >= 15 is 0 Å². The fraction of sp³-hybridized carbons (Fsp3) is 0.581. The van der Waals surface area contributed by atoms with E-state index in [-0.39, 0.29) is 37.3 Å². The number of amides is 4. The van der Waals surface area contributed by atoms with E-state index in [9.17, 15) is 45.9 Å². The molecule has 2 N–H and O–H groups in total. The summed E-state index contributed by atoms with van der Waals surface area (Å²) in [6, 6.07) is 3.25. The Hall–Kier alpha value is -4.08. The van der Waals surface area contributed by atoms with Crippen molar-refractivity contribution in [3.8, 4) is 0 Å². The van der Waals surface area contributed by atoms with Gasteiger partial charge in [0.1, 0.15) is 12.1 Å². The molecule has 2 fully saturated rings. The second-order valence-electron chi connectivity index (χ2n) is 11.5. The van der Waals surface area contributed by atoms with Crippen LogP contribution in [0.3, 0.4) is 0 Å². The Morgan fingerprint density at radius 3 is 2.11 bits per heavy atom. The molecule has 0 saturated carbocycles. The lowest BCUT2D eigenvalue weighted by molar-refractivity contribution is -0.276. The summed E-state index contributed by atoms with van der Waals surface area (Å²) in [7, 11) is 0. The van der Waals surface area contributed by atoms with E-state index in [1.54, 1.807) is 11.8 Å². The maximum Gasteiger partial charge on any atom is 0.461 e. The summed E-state index contributed by atoms with van der Waals surface area (Å²) in [5.41, 5.74) is -0.194. The smallest absolute Gasteiger partial charge is 0.422 e. The number of rotatable bonds is 11. The van der Waals surface area contributed by atoms with Gasteiger partial charge in [0, 0.05) is 37.7 Å². The molecule has 2 heterocycles. The van der Waals surface area contributed by atoms with Crippen LogP contribution in [0, 0.1) is 5.92 Å². The predicted molar refractivity (Wildman–Crippen MR) is 157 cm³/mol. The first-order chi connectivity index (χ1) is 22.0. The number of carbonyl (C=O) groups is 5. The molecular weight excluding hydrogens is 635 g/mol. The molecule has 2 aliphatic rings. The van der Waals surface area contributed by atoms with Gasteiger partial charge in [-0.25, -0.2) is 0 Å². The molecule has 4 amide bonds. The monoisotopic (exact) mass is 674 g/mol. The van der Waals surface area contributed by atoms with Crippen LogP contribution in [0.25, 0.3) is 0 Å². The van der Waals surface area contributed by atoms with E-state index in [2.05, 4.69) is 15.4 Å². The fourth-order valence-electron chi connectivity index (χ4n) is 5.41. The second-order valence-corrected chi connectivity index (χ2v) is 11.5. The summed E-state index contributed by atoms with van der Waals surface area (Å²) in [5, 5.41) is 4.71. The van der Waals surface area contributed by atoms with Crippen molar-refractivity contribution in [3.63, 3.8) is 0 Å². The quantitative estimate of drug-likeness (QED) is 0.206. The number of likely N-dealkylation sites (tertiary alicyclic amines) is 1. The van der Waals surface area contributed by atoms with Gasteiger partial charge >= 0.3 is 18.1 Å². The SMILES string of the molecule is CCC[C@H](NC(=O)c1ccc(C(=O)N2CCOCC2)cc1)C(=O)NC(=O)[C@@H]1CCCN1/C(=C(/OC(C)=O)C(F)(F)C(F)(F)F)C(C)C. The highest BCUT2D eigenvalue weighted by molar-refractivity contribution is 6.03. The van der Waals surface area contributed by atoms with Crippen LogP contribution in [0.5, 0.6) is 0 Å². The summed E-state index contributed by atoms with van der Waals surface area (Å²) in [4.78, 5) is 66.4. The fourth-order valence-corrected chi connectivity index (χ4v) is 5.41. The molecule has 0 unspecified atom stereocenters. The molecule has 47 heavy (non-hydrogen) atoms. The molecule has 260 valence electrons. The van der Waals surface area contributed by atoms with Crippen molar-refractivity contribution >= 4 is 29.6 Å². The molecule has 2 saturated heterocycles. The molecule has 0 aliphatic carbocycles. The molecule has 1 aromatic rings. The summed E-state index contributed by atoms with van der Waals surface area (Å²) in [6.45, 7) is 6.62. The summed E-state index contributed by atoms with van der Waals surface area (Å²) < 4.78 is 79.3. The van der Waals surface area contributed by atoms with Crippen LogP contribution in [0.1, 0.15) is 74.1 Å². The number of nitrogens with zero attached hydrogens (tertiary/aromatic N) is 2. The van der Waals surface area contributed by atoms with Gasteiger partial charge in [-0.15, -0.1) is 0 Å². The number of carbonyl (C=O) groups excluding carboxylic acids is 5. The first-order valence-corrected chi connectivity index (χ1v) is 15.3. The van der Waals surface area contributed by atoms with Crippen LogP contribution < -0.4 is 10.6 Å². The van der Waals surface area contributed by atoms with E-state index < -0.39 is 65.2 Å². The Kier molecular flexibility index (Phi) is 12.5. The Bertz CT molecular complexity index is 1360. The number of hydrogen-bond acceptors (Lipinski definition) is 8. The Morgan fingerprint density at radius 2 is 1.57 bits per heavy atom. The molecule has 0 radical (unpaired) electrons. The van der Waals surface area contributed by atoms with Gasteiger partial charge in [-0.3, -0.25) is 29.3 Å². The van der Waals surface area contributed by atoms with Crippen LogP contribution in [-0.2, 0) is 23.9 Å². The van der Waals surface area contributed by atoms with Crippen molar-refractivity contribution in [1.82, 2.24) is 20.4 Å². The van der Waals surface area contributed by atoms with Crippen LogP contribution in [-0.4, -0.2) is 96.4 Å². The standard InChI is InChI=1S/C31H39F5N4O7/c1-5-7-22(37-26(42)20-9-11-21(12-10-20)29(45)39-14-16-46-17-15-39)27(43)38-28(44)23-8-6-13-40(23)24(18(2)3)25(47-19(4)41)30(32,33)31(34,35)36/h9-12,18,22-23H,5-8,13-17H2,1-4H3,(H,37,42)(H,38,43,44)/b25-24+/t22-,23-/m0/s1. The lowest BCUT2D eigenvalue weighted by Gasteiger charge is -2.34. The molecule has 1 aromatic carbocycles. The summed E-state index contributed by atoms with van der Waals surface area (Å²) >= 11 is 0. The molecule has 0 bridgehead atoms. The van der Waals surface area contributed by atoms with Crippen LogP contribution in [0.2, 0.25) is 0 Å². The minimum absolute atomic E-state index is 0.000595. The third-order valence-electron chi connectivity index (χ3n) is 7.67.